The van der Waals surface area contributed by atoms with Crippen molar-refractivity contribution in [1.82, 2.24) is 10.2 Å². The molecular weight excluding hydrogens is 310 g/mol. The number of nitro groups is 1. The number of hydrogen-bond donors (Lipinski definition) is 2. The summed E-state index contributed by atoms with van der Waals surface area (Å²) in [6.07, 6.45) is -0.627. The van der Waals surface area contributed by atoms with Crippen molar-refractivity contribution in [2.24, 2.45) is 0 Å². The first-order valence-electron chi connectivity index (χ1n) is 6.89. The van der Waals surface area contributed by atoms with Gasteiger partial charge in [0, 0.05) is 36.3 Å². The third-order valence-corrected chi connectivity index (χ3v) is 4.34. The molecule has 1 aromatic carbocycles. The molecule has 0 bridgehead atoms. The van der Waals surface area contributed by atoms with Crippen LogP contribution in [-0.4, -0.2) is 46.2 Å². The molecule has 1 aromatic rings. The fourth-order valence-corrected chi connectivity index (χ4v) is 3.14. The Hall–Kier alpha value is -1.86. The second-order valence-corrected chi connectivity index (χ2v) is 6.19. The summed E-state index contributed by atoms with van der Waals surface area (Å²) in [5.41, 5.74) is 0.493. The Balaban J connectivity index is 2.40. The normalized spacial score (nSPS) is 21.7. The van der Waals surface area contributed by atoms with Crippen LogP contribution in [0.1, 0.15) is 18.1 Å². The molecular formula is C14H18ClN3O4. The maximum Gasteiger partial charge on any atom is 0.407 e. The van der Waals surface area contributed by atoms with Gasteiger partial charge in [-0.25, -0.2) is 4.79 Å². The third kappa shape index (κ3) is 3.15. The van der Waals surface area contributed by atoms with Gasteiger partial charge in [-0.2, -0.15) is 0 Å². The number of nitro benzene ring substituents is 1. The van der Waals surface area contributed by atoms with E-state index >= 15 is 0 Å². The van der Waals surface area contributed by atoms with Gasteiger partial charge in [-0.05, 0) is 31.9 Å². The predicted octanol–water partition coefficient (Wildman–Crippen LogP) is 2.44. The Labute approximate surface area is 133 Å². The van der Waals surface area contributed by atoms with Crippen molar-refractivity contribution in [3.8, 4) is 0 Å². The molecule has 8 heteroatoms. The van der Waals surface area contributed by atoms with Crippen LogP contribution in [-0.2, 0) is 6.42 Å². The number of carbonyl (C=O) groups is 1. The molecule has 1 unspecified atom stereocenters. The van der Waals surface area contributed by atoms with Gasteiger partial charge in [-0.3, -0.25) is 10.1 Å². The van der Waals surface area contributed by atoms with Crippen molar-refractivity contribution < 1.29 is 14.8 Å². The number of nitrogens with zero attached hydrogens (tertiary/aromatic N) is 2. The van der Waals surface area contributed by atoms with Crippen molar-refractivity contribution >= 4 is 23.4 Å². The molecule has 1 saturated heterocycles. The van der Waals surface area contributed by atoms with E-state index in [0.29, 0.717) is 37.2 Å². The van der Waals surface area contributed by atoms with Gasteiger partial charge in [-0.15, -0.1) is 0 Å². The lowest BCUT2D eigenvalue weighted by atomic mass is 9.87. The van der Waals surface area contributed by atoms with Gasteiger partial charge >= 0.3 is 6.09 Å². The summed E-state index contributed by atoms with van der Waals surface area (Å²) in [5.74, 6) is 0. The van der Waals surface area contributed by atoms with Crippen molar-refractivity contribution in [2.75, 3.05) is 19.6 Å². The van der Waals surface area contributed by atoms with E-state index in [0.717, 1.165) is 0 Å². The fourth-order valence-electron chi connectivity index (χ4n) is 2.90. The Bertz CT molecular complexity index is 622. The van der Waals surface area contributed by atoms with Gasteiger partial charge in [0.1, 0.15) is 0 Å². The van der Waals surface area contributed by atoms with Crippen molar-refractivity contribution in [1.29, 1.82) is 0 Å². The first-order valence-corrected chi connectivity index (χ1v) is 7.27. The highest BCUT2D eigenvalue weighted by molar-refractivity contribution is 6.30. The lowest BCUT2D eigenvalue weighted by molar-refractivity contribution is -0.385. The molecule has 0 spiro atoms. The van der Waals surface area contributed by atoms with Crippen LogP contribution in [0.5, 0.6) is 0 Å². The number of halogens is 1. The summed E-state index contributed by atoms with van der Waals surface area (Å²) < 4.78 is 0. The van der Waals surface area contributed by atoms with Gasteiger partial charge in [0.15, 0.2) is 0 Å². The van der Waals surface area contributed by atoms with Crippen LogP contribution in [0.15, 0.2) is 12.1 Å². The largest absolute Gasteiger partial charge is 0.465 e. The molecule has 7 nitrogen and oxygen atoms in total. The minimum absolute atomic E-state index is 0.0447. The summed E-state index contributed by atoms with van der Waals surface area (Å²) in [6.45, 7) is 4.96. The van der Waals surface area contributed by atoms with E-state index in [1.807, 2.05) is 6.92 Å². The van der Waals surface area contributed by atoms with Crippen LogP contribution >= 0.6 is 11.6 Å². The van der Waals surface area contributed by atoms with Crippen molar-refractivity contribution in [3.63, 3.8) is 0 Å². The number of piperazine rings is 1. The Morgan fingerprint density at radius 1 is 1.59 bits per heavy atom. The lowest BCUT2D eigenvalue weighted by Crippen LogP contribution is -2.62. The van der Waals surface area contributed by atoms with E-state index < -0.39 is 16.6 Å². The number of carboxylic acid groups (broad SMARTS) is 1. The molecule has 1 heterocycles. The molecule has 22 heavy (non-hydrogen) atoms. The summed E-state index contributed by atoms with van der Waals surface area (Å²) in [4.78, 5) is 23.5. The zero-order chi connectivity index (χ0) is 16.5. The number of benzene rings is 1. The van der Waals surface area contributed by atoms with Crippen LogP contribution in [0, 0.1) is 17.0 Å². The van der Waals surface area contributed by atoms with Crippen molar-refractivity contribution in [3.05, 3.63) is 38.4 Å². The number of nitrogens with one attached hydrogen (secondary N) is 1. The molecule has 0 saturated carbocycles. The van der Waals surface area contributed by atoms with Gasteiger partial charge < -0.3 is 15.3 Å². The Morgan fingerprint density at radius 2 is 2.27 bits per heavy atom. The van der Waals surface area contributed by atoms with Crippen LogP contribution in [0.3, 0.4) is 0 Å². The minimum Gasteiger partial charge on any atom is -0.465 e. The third-order valence-electron chi connectivity index (χ3n) is 4.12. The highest BCUT2D eigenvalue weighted by Crippen LogP contribution is 2.31. The van der Waals surface area contributed by atoms with Crippen LogP contribution < -0.4 is 5.32 Å². The van der Waals surface area contributed by atoms with E-state index in [4.69, 9.17) is 11.6 Å². The summed E-state index contributed by atoms with van der Waals surface area (Å²) in [5, 5.41) is 23.9. The van der Waals surface area contributed by atoms with Gasteiger partial charge in [0.05, 0.1) is 10.5 Å². The molecule has 0 aliphatic carbocycles. The number of hydrogen-bond acceptors (Lipinski definition) is 4. The molecule has 1 aliphatic rings. The zero-order valence-corrected chi connectivity index (χ0v) is 13.2. The van der Waals surface area contributed by atoms with E-state index in [-0.39, 0.29) is 10.7 Å². The summed E-state index contributed by atoms with van der Waals surface area (Å²) in [6, 6.07) is 2.99. The average molecular weight is 328 g/mol. The smallest absolute Gasteiger partial charge is 0.407 e. The molecule has 1 amide bonds. The van der Waals surface area contributed by atoms with Crippen molar-refractivity contribution in [2.45, 2.75) is 25.8 Å². The quantitative estimate of drug-likeness (QED) is 0.656. The lowest BCUT2D eigenvalue weighted by Gasteiger charge is -2.43. The predicted molar refractivity (Wildman–Crippen MR) is 82.6 cm³/mol. The van der Waals surface area contributed by atoms with Gasteiger partial charge in [-0.1, -0.05) is 11.6 Å². The van der Waals surface area contributed by atoms with Crippen LogP contribution in [0.25, 0.3) is 0 Å². The molecule has 1 atom stereocenters. The van der Waals surface area contributed by atoms with Gasteiger partial charge in [0.25, 0.3) is 5.69 Å². The van der Waals surface area contributed by atoms with Crippen LogP contribution in [0.2, 0.25) is 5.02 Å². The Kier molecular flexibility index (Phi) is 4.58. The molecule has 1 aliphatic heterocycles. The van der Waals surface area contributed by atoms with Crippen LogP contribution in [0.4, 0.5) is 10.5 Å². The summed E-state index contributed by atoms with van der Waals surface area (Å²) in [7, 11) is 0. The molecule has 0 aromatic heterocycles. The van der Waals surface area contributed by atoms with E-state index in [9.17, 15) is 20.0 Å². The second kappa shape index (κ2) is 6.10. The summed E-state index contributed by atoms with van der Waals surface area (Å²) >= 11 is 5.98. The zero-order valence-electron chi connectivity index (χ0n) is 12.4. The Morgan fingerprint density at radius 3 is 2.86 bits per heavy atom. The van der Waals surface area contributed by atoms with Gasteiger partial charge in [0.2, 0.25) is 0 Å². The fraction of sp³-hybridized carbons (Fsp3) is 0.500. The average Bonchev–Trinajstić information content (AvgIpc) is 2.42. The topological polar surface area (TPSA) is 95.7 Å². The standard InChI is InChI=1S/C14H18ClN3O4/c1-9-10(5-11(15)6-12(9)18(21)22)7-14(2)8-16-3-4-17(14)13(19)20/h5-6,16H,3-4,7-8H2,1-2H3,(H,19,20). The molecule has 2 rings (SSSR count). The highest BCUT2D eigenvalue weighted by Gasteiger charge is 2.38. The maximum absolute atomic E-state index is 11.5. The molecule has 2 N–H and O–H groups in total. The van der Waals surface area contributed by atoms with E-state index in [2.05, 4.69) is 5.32 Å². The first-order chi connectivity index (χ1) is 10.2. The maximum atomic E-state index is 11.5. The number of rotatable bonds is 3. The first kappa shape index (κ1) is 16.5. The number of amides is 1. The molecule has 0 radical (unpaired) electrons. The SMILES string of the molecule is Cc1c(CC2(C)CNCCN2C(=O)O)cc(Cl)cc1[N+](=O)[O-]. The molecule has 1 fully saturated rings. The monoisotopic (exact) mass is 327 g/mol. The molecule has 120 valence electrons. The van der Waals surface area contributed by atoms with E-state index in [1.54, 1.807) is 13.0 Å². The highest BCUT2D eigenvalue weighted by atomic mass is 35.5. The minimum atomic E-state index is -0.988. The van der Waals surface area contributed by atoms with E-state index in [1.165, 1.54) is 11.0 Å². The second-order valence-electron chi connectivity index (χ2n) is 5.75.